The van der Waals surface area contributed by atoms with Crippen molar-refractivity contribution in [1.29, 1.82) is 0 Å². The second-order valence-electron chi connectivity index (χ2n) is 6.06. The molecule has 0 bridgehead atoms. The van der Waals surface area contributed by atoms with Crippen molar-refractivity contribution in [3.63, 3.8) is 0 Å². The number of methoxy groups -OCH3 is 2. The lowest BCUT2D eigenvalue weighted by Crippen LogP contribution is -2.24. The SMILES string of the molecule is COc1ccc(CCC(=O)Nc2c3c(nn2C)CCNC3)cc1OC. The van der Waals surface area contributed by atoms with Gasteiger partial charge in [0.1, 0.15) is 5.82 Å². The van der Waals surface area contributed by atoms with Crippen LogP contribution in [0.5, 0.6) is 11.5 Å². The van der Waals surface area contributed by atoms with E-state index in [4.69, 9.17) is 9.47 Å². The van der Waals surface area contributed by atoms with E-state index in [9.17, 15) is 4.79 Å². The monoisotopic (exact) mass is 344 g/mol. The van der Waals surface area contributed by atoms with Crippen LogP contribution in [0.15, 0.2) is 18.2 Å². The quantitative estimate of drug-likeness (QED) is 0.833. The van der Waals surface area contributed by atoms with Crippen molar-refractivity contribution in [2.45, 2.75) is 25.8 Å². The largest absolute Gasteiger partial charge is 0.493 e. The van der Waals surface area contributed by atoms with Crippen molar-refractivity contribution < 1.29 is 14.3 Å². The number of carbonyl (C=O) groups excluding carboxylic acids is 1. The van der Waals surface area contributed by atoms with Crippen molar-refractivity contribution in [2.24, 2.45) is 7.05 Å². The van der Waals surface area contributed by atoms with Crippen molar-refractivity contribution in [3.8, 4) is 11.5 Å². The van der Waals surface area contributed by atoms with Gasteiger partial charge < -0.3 is 20.1 Å². The van der Waals surface area contributed by atoms with E-state index in [1.165, 1.54) is 0 Å². The van der Waals surface area contributed by atoms with E-state index in [1.807, 2.05) is 25.2 Å². The molecule has 0 atom stereocenters. The van der Waals surface area contributed by atoms with E-state index in [-0.39, 0.29) is 5.91 Å². The Kier molecular flexibility index (Phi) is 5.23. The minimum atomic E-state index is -0.0221. The highest BCUT2D eigenvalue weighted by Crippen LogP contribution is 2.28. The third-order valence-electron chi connectivity index (χ3n) is 4.42. The average Bonchev–Trinajstić information content (AvgIpc) is 2.95. The van der Waals surface area contributed by atoms with Crippen LogP contribution < -0.4 is 20.1 Å². The minimum Gasteiger partial charge on any atom is -0.493 e. The fraction of sp³-hybridized carbons (Fsp3) is 0.444. The van der Waals surface area contributed by atoms with Gasteiger partial charge in [-0.1, -0.05) is 6.07 Å². The Morgan fingerprint density at radius 1 is 1.32 bits per heavy atom. The number of hydrogen-bond donors (Lipinski definition) is 2. The molecule has 0 saturated heterocycles. The summed E-state index contributed by atoms with van der Waals surface area (Å²) in [7, 11) is 5.07. The number of amides is 1. The lowest BCUT2D eigenvalue weighted by molar-refractivity contribution is -0.116. The van der Waals surface area contributed by atoms with Crippen molar-refractivity contribution in [2.75, 3.05) is 26.1 Å². The smallest absolute Gasteiger partial charge is 0.225 e. The second-order valence-corrected chi connectivity index (χ2v) is 6.06. The molecule has 134 valence electrons. The van der Waals surface area contributed by atoms with Gasteiger partial charge in [-0.3, -0.25) is 9.48 Å². The summed E-state index contributed by atoms with van der Waals surface area (Å²) < 4.78 is 12.3. The number of ether oxygens (including phenoxy) is 2. The summed E-state index contributed by atoms with van der Waals surface area (Å²) in [5.41, 5.74) is 3.19. The zero-order valence-corrected chi connectivity index (χ0v) is 14.9. The zero-order chi connectivity index (χ0) is 17.8. The number of aryl methyl sites for hydroxylation is 2. The molecule has 3 rings (SSSR count). The molecule has 0 radical (unpaired) electrons. The Bertz CT molecular complexity index is 770. The van der Waals surface area contributed by atoms with Gasteiger partial charge in [0, 0.05) is 38.5 Å². The predicted octanol–water partition coefficient (Wildman–Crippen LogP) is 1.65. The van der Waals surface area contributed by atoms with Crippen LogP contribution in [0.4, 0.5) is 5.82 Å². The minimum absolute atomic E-state index is 0.0221. The van der Waals surface area contributed by atoms with E-state index in [0.717, 1.165) is 42.1 Å². The standard InChI is InChI=1S/C18H24N4O3/c1-22-18(13-11-19-9-8-14(13)21-22)20-17(23)7-5-12-4-6-15(24-2)16(10-12)25-3/h4,6,10,19H,5,7-9,11H2,1-3H3,(H,20,23). The Hall–Kier alpha value is -2.54. The molecule has 1 amide bonds. The Labute approximate surface area is 147 Å². The summed E-state index contributed by atoms with van der Waals surface area (Å²) in [6.45, 7) is 1.67. The van der Waals surface area contributed by atoms with Crippen molar-refractivity contribution >= 4 is 11.7 Å². The zero-order valence-electron chi connectivity index (χ0n) is 14.9. The first-order valence-electron chi connectivity index (χ1n) is 8.38. The third-order valence-corrected chi connectivity index (χ3v) is 4.42. The van der Waals surface area contributed by atoms with Gasteiger partial charge in [-0.25, -0.2) is 0 Å². The number of nitrogens with zero attached hydrogens (tertiary/aromatic N) is 2. The van der Waals surface area contributed by atoms with Crippen molar-refractivity contribution in [1.82, 2.24) is 15.1 Å². The van der Waals surface area contributed by atoms with Crippen LogP contribution in [0.2, 0.25) is 0 Å². The number of nitrogens with one attached hydrogen (secondary N) is 2. The highest BCUT2D eigenvalue weighted by Gasteiger charge is 2.20. The molecule has 1 aromatic carbocycles. The topological polar surface area (TPSA) is 77.4 Å². The lowest BCUT2D eigenvalue weighted by Gasteiger charge is -2.13. The second kappa shape index (κ2) is 7.57. The van der Waals surface area contributed by atoms with Gasteiger partial charge in [0.05, 0.1) is 19.9 Å². The third kappa shape index (κ3) is 3.76. The molecule has 7 heteroatoms. The van der Waals surface area contributed by atoms with Crippen LogP contribution in [0, 0.1) is 0 Å². The number of aromatic nitrogens is 2. The number of fused-ring (bicyclic) bond motifs is 1. The van der Waals surface area contributed by atoms with E-state index < -0.39 is 0 Å². The Morgan fingerprint density at radius 2 is 2.12 bits per heavy atom. The van der Waals surface area contributed by atoms with Gasteiger partial charge >= 0.3 is 0 Å². The Morgan fingerprint density at radius 3 is 2.88 bits per heavy atom. The Balaban J connectivity index is 1.63. The molecule has 1 aromatic heterocycles. The lowest BCUT2D eigenvalue weighted by atomic mass is 10.1. The fourth-order valence-electron chi connectivity index (χ4n) is 3.08. The number of rotatable bonds is 6. The maximum atomic E-state index is 12.4. The molecule has 2 aromatic rings. The molecule has 0 spiro atoms. The molecule has 25 heavy (non-hydrogen) atoms. The number of anilines is 1. The first kappa shape index (κ1) is 17.3. The molecular weight excluding hydrogens is 320 g/mol. The van der Waals surface area contributed by atoms with E-state index >= 15 is 0 Å². The summed E-state index contributed by atoms with van der Waals surface area (Å²) >= 11 is 0. The molecule has 2 heterocycles. The van der Waals surface area contributed by atoms with Gasteiger partial charge in [0.2, 0.25) is 5.91 Å². The highest BCUT2D eigenvalue weighted by atomic mass is 16.5. The fourth-order valence-corrected chi connectivity index (χ4v) is 3.08. The molecule has 2 N–H and O–H groups in total. The summed E-state index contributed by atoms with van der Waals surface area (Å²) in [6.07, 6.45) is 1.91. The van der Waals surface area contributed by atoms with Crippen LogP contribution in [0.25, 0.3) is 0 Å². The normalized spacial score (nSPS) is 13.2. The molecule has 0 fully saturated rings. The summed E-state index contributed by atoms with van der Waals surface area (Å²) in [4.78, 5) is 12.4. The van der Waals surface area contributed by atoms with Crippen LogP contribution in [-0.4, -0.2) is 36.5 Å². The summed E-state index contributed by atoms with van der Waals surface area (Å²) in [6, 6.07) is 5.71. The van der Waals surface area contributed by atoms with Gasteiger partial charge in [0.25, 0.3) is 0 Å². The van der Waals surface area contributed by atoms with E-state index in [1.54, 1.807) is 18.9 Å². The maximum absolute atomic E-state index is 12.4. The van der Waals surface area contributed by atoms with E-state index in [0.29, 0.717) is 24.3 Å². The molecular formula is C18H24N4O3. The van der Waals surface area contributed by atoms with Gasteiger partial charge in [-0.15, -0.1) is 0 Å². The number of hydrogen-bond acceptors (Lipinski definition) is 5. The summed E-state index contributed by atoms with van der Waals surface area (Å²) in [5.74, 6) is 2.13. The molecule has 0 unspecified atom stereocenters. The average molecular weight is 344 g/mol. The van der Waals surface area contributed by atoms with E-state index in [2.05, 4.69) is 15.7 Å². The van der Waals surface area contributed by atoms with Gasteiger partial charge in [0.15, 0.2) is 11.5 Å². The number of carbonyl (C=O) groups is 1. The highest BCUT2D eigenvalue weighted by molar-refractivity contribution is 5.90. The summed E-state index contributed by atoms with van der Waals surface area (Å²) in [5, 5.41) is 10.8. The number of benzene rings is 1. The van der Waals surface area contributed by atoms with Crippen LogP contribution in [-0.2, 0) is 31.2 Å². The predicted molar refractivity (Wildman–Crippen MR) is 95.1 cm³/mol. The molecule has 1 aliphatic rings. The van der Waals surface area contributed by atoms with Gasteiger partial charge in [-0.05, 0) is 24.1 Å². The molecule has 0 aliphatic carbocycles. The van der Waals surface area contributed by atoms with Crippen LogP contribution in [0.1, 0.15) is 23.2 Å². The first-order chi connectivity index (χ1) is 12.1. The maximum Gasteiger partial charge on any atom is 0.225 e. The van der Waals surface area contributed by atoms with Crippen LogP contribution in [0.3, 0.4) is 0 Å². The molecule has 0 saturated carbocycles. The molecule has 1 aliphatic heterocycles. The molecule has 7 nitrogen and oxygen atoms in total. The van der Waals surface area contributed by atoms with Gasteiger partial charge in [-0.2, -0.15) is 5.10 Å². The van der Waals surface area contributed by atoms with Crippen LogP contribution >= 0.6 is 0 Å². The van der Waals surface area contributed by atoms with Crippen molar-refractivity contribution in [3.05, 3.63) is 35.0 Å². The first-order valence-corrected chi connectivity index (χ1v) is 8.38.